The zero-order chi connectivity index (χ0) is 20.4. The Morgan fingerprint density at radius 3 is 2.31 bits per heavy atom. The molecule has 0 aliphatic carbocycles. The summed E-state index contributed by atoms with van der Waals surface area (Å²) in [7, 11) is 0. The van der Waals surface area contributed by atoms with Crippen LogP contribution in [0.4, 0.5) is 5.69 Å². The molecule has 1 aliphatic heterocycles. The molecule has 2 heterocycles. The number of pyridine rings is 1. The fraction of sp³-hybridized carbons (Fsp3) is 0.250. The van der Waals surface area contributed by atoms with E-state index < -0.39 is 11.5 Å². The van der Waals surface area contributed by atoms with Gasteiger partial charge in [-0.05, 0) is 55.0 Å². The monoisotopic (exact) mass is 387 g/mol. The van der Waals surface area contributed by atoms with Crippen molar-refractivity contribution in [2.24, 2.45) is 5.73 Å². The van der Waals surface area contributed by atoms with Gasteiger partial charge in [0.2, 0.25) is 0 Å². The lowest BCUT2D eigenvalue weighted by atomic mass is 9.89. The normalized spacial score (nSPS) is 14.7. The van der Waals surface area contributed by atoms with Crippen molar-refractivity contribution in [2.45, 2.75) is 25.7 Å². The molecule has 3 aromatic rings. The van der Waals surface area contributed by atoms with Gasteiger partial charge in [-0.25, -0.2) is 0 Å². The van der Waals surface area contributed by atoms with E-state index in [1.165, 1.54) is 11.3 Å². The van der Waals surface area contributed by atoms with Gasteiger partial charge in [0.15, 0.2) is 0 Å². The first kappa shape index (κ1) is 19.0. The fourth-order valence-corrected chi connectivity index (χ4v) is 4.15. The number of hydrogen-bond acceptors (Lipinski definition) is 3. The third-order valence-electron chi connectivity index (χ3n) is 5.81. The molecule has 1 amide bonds. The lowest BCUT2D eigenvalue weighted by molar-refractivity contribution is 0.0999. The number of aromatic nitrogens is 1. The number of nitrogens with zero attached hydrogens (tertiary/aromatic N) is 1. The molecule has 29 heavy (non-hydrogen) atoms. The van der Waals surface area contributed by atoms with E-state index in [4.69, 9.17) is 5.73 Å². The Morgan fingerprint density at radius 2 is 1.69 bits per heavy atom. The Balaban J connectivity index is 1.50. The molecule has 0 atom stereocenters. The first-order valence-corrected chi connectivity index (χ1v) is 9.97. The fourth-order valence-electron chi connectivity index (χ4n) is 4.15. The number of amides is 1. The second kappa shape index (κ2) is 7.95. The van der Waals surface area contributed by atoms with Gasteiger partial charge < -0.3 is 15.6 Å². The number of carbonyl (C=O) groups is 1. The van der Waals surface area contributed by atoms with E-state index in [1.54, 1.807) is 6.07 Å². The van der Waals surface area contributed by atoms with Crippen LogP contribution >= 0.6 is 0 Å². The van der Waals surface area contributed by atoms with Crippen LogP contribution in [0.15, 0.2) is 65.5 Å². The van der Waals surface area contributed by atoms with Gasteiger partial charge in [0.05, 0.1) is 0 Å². The maximum Gasteiger partial charge on any atom is 0.261 e. The molecular weight excluding hydrogens is 362 g/mol. The zero-order valence-corrected chi connectivity index (χ0v) is 16.5. The average molecular weight is 387 g/mol. The van der Waals surface area contributed by atoms with Gasteiger partial charge in [0, 0.05) is 30.0 Å². The lowest BCUT2D eigenvalue weighted by Gasteiger charge is -2.34. The molecule has 3 N–H and O–H groups in total. The van der Waals surface area contributed by atoms with E-state index in [0.717, 1.165) is 42.8 Å². The molecule has 5 heteroatoms. The Hall–Kier alpha value is -3.34. The van der Waals surface area contributed by atoms with Crippen LogP contribution in [0.3, 0.4) is 0 Å². The average Bonchev–Trinajstić information content (AvgIpc) is 2.74. The summed E-state index contributed by atoms with van der Waals surface area (Å²) in [6.45, 7) is 3.88. The molecular formula is C24H25N3O2. The summed E-state index contributed by atoms with van der Waals surface area (Å²) >= 11 is 0. The molecule has 1 aliphatic rings. The van der Waals surface area contributed by atoms with Crippen molar-refractivity contribution >= 4 is 11.6 Å². The van der Waals surface area contributed by atoms with Gasteiger partial charge in [-0.3, -0.25) is 9.59 Å². The number of piperidine rings is 1. The lowest BCUT2D eigenvalue weighted by Crippen LogP contribution is -2.32. The number of hydrogen-bond donors (Lipinski definition) is 2. The van der Waals surface area contributed by atoms with Crippen LogP contribution in [0.1, 0.15) is 40.4 Å². The van der Waals surface area contributed by atoms with Crippen LogP contribution in [-0.2, 0) is 0 Å². The van der Waals surface area contributed by atoms with Gasteiger partial charge in [-0.1, -0.05) is 42.5 Å². The summed E-state index contributed by atoms with van der Waals surface area (Å²) < 4.78 is 0. The molecule has 5 nitrogen and oxygen atoms in total. The predicted octanol–water partition coefficient (Wildman–Crippen LogP) is 3.83. The van der Waals surface area contributed by atoms with Crippen LogP contribution in [0.25, 0.3) is 11.1 Å². The summed E-state index contributed by atoms with van der Waals surface area (Å²) in [6.07, 6.45) is 2.29. The van der Waals surface area contributed by atoms with Gasteiger partial charge in [-0.15, -0.1) is 0 Å². The van der Waals surface area contributed by atoms with Gasteiger partial charge in [0.1, 0.15) is 5.56 Å². The third kappa shape index (κ3) is 3.94. The van der Waals surface area contributed by atoms with Crippen LogP contribution < -0.4 is 16.2 Å². The van der Waals surface area contributed by atoms with E-state index in [1.807, 2.05) is 19.1 Å². The van der Waals surface area contributed by atoms with Crippen molar-refractivity contribution < 1.29 is 4.79 Å². The van der Waals surface area contributed by atoms with Crippen LogP contribution in [-0.4, -0.2) is 24.0 Å². The maximum atomic E-state index is 11.9. The molecule has 148 valence electrons. The number of aryl methyl sites for hydroxylation is 1. The van der Waals surface area contributed by atoms with E-state index >= 15 is 0 Å². The van der Waals surface area contributed by atoms with Crippen LogP contribution in [0.5, 0.6) is 0 Å². The third-order valence-corrected chi connectivity index (χ3v) is 5.81. The Bertz CT molecular complexity index is 1060. The number of aromatic amines is 1. The molecule has 0 saturated carbocycles. The summed E-state index contributed by atoms with van der Waals surface area (Å²) in [4.78, 5) is 28.5. The minimum atomic E-state index is -0.717. The number of H-pyrrole nitrogens is 1. The largest absolute Gasteiger partial charge is 0.371 e. The predicted molar refractivity (Wildman–Crippen MR) is 116 cm³/mol. The first-order chi connectivity index (χ1) is 14.0. The minimum absolute atomic E-state index is 0.0161. The van der Waals surface area contributed by atoms with Gasteiger partial charge in [0.25, 0.3) is 11.5 Å². The molecule has 4 rings (SSSR count). The smallest absolute Gasteiger partial charge is 0.261 e. The van der Waals surface area contributed by atoms with Crippen molar-refractivity contribution in [3.05, 3.63) is 87.8 Å². The van der Waals surface area contributed by atoms with Crippen molar-refractivity contribution in [3.63, 3.8) is 0 Å². The molecule has 1 aromatic heterocycles. The number of rotatable bonds is 4. The zero-order valence-electron chi connectivity index (χ0n) is 16.5. The van der Waals surface area contributed by atoms with E-state index in [-0.39, 0.29) is 5.56 Å². The summed E-state index contributed by atoms with van der Waals surface area (Å²) in [6, 6.07) is 20.6. The number of anilines is 1. The quantitative estimate of drug-likeness (QED) is 0.714. The SMILES string of the molecule is Cc1[nH]c(=O)c(C(N)=O)cc1-c1ccc(N2CCC(c3ccccc3)CC2)cc1. The van der Waals surface area contributed by atoms with Gasteiger partial charge >= 0.3 is 0 Å². The van der Waals surface area contributed by atoms with Crippen molar-refractivity contribution in [1.29, 1.82) is 0 Å². The molecule has 0 bridgehead atoms. The Labute approximate surface area is 170 Å². The van der Waals surface area contributed by atoms with Gasteiger partial charge in [-0.2, -0.15) is 0 Å². The number of nitrogens with two attached hydrogens (primary N) is 1. The van der Waals surface area contributed by atoms with Crippen molar-refractivity contribution in [2.75, 3.05) is 18.0 Å². The number of nitrogens with one attached hydrogen (secondary N) is 1. The number of carbonyl (C=O) groups excluding carboxylic acids is 1. The van der Waals surface area contributed by atoms with E-state index in [2.05, 4.69) is 52.3 Å². The second-order valence-electron chi connectivity index (χ2n) is 7.63. The maximum absolute atomic E-state index is 11.9. The summed E-state index contributed by atoms with van der Waals surface area (Å²) in [5, 5.41) is 0. The minimum Gasteiger partial charge on any atom is -0.371 e. The first-order valence-electron chi connectivity index (χ1n) is 9.97. The van der Waals surface area contributed by atoms with Crippen molar-refractivity contribution in [3.8, 4) is 11.1 Å². The molecule has 2 aromatic carbocycles. The Morgan fingerprint density at radius 1 is 1.03 bits per heavy atom. The van der Waals surface area contributed by atoms with E-state index in [0.29, 0.717) is 5.92 Å². The summed E-state index contributed by atoms with van der Waals surface area (Å²) in [5.74, 6) is -0.0897. The highest BCUT2D eigenvalue weighted by Gasteiger charge is 2.21. The molecule has 0 radical (unpaired) electrons. The summed E-state index contributed by atoms with van der Waals surface area (Å²) in [5.41, 5.74) is 9.96. The topological polar surface area (TPSA) is 79.2 Å². The highest BCUT2D eigenvalue weighted by Crippen LogP contribution is 2.31. The number of primary amides is 1. The van der Waals surface area contributed by atoms with E-state index in [9.17, 15) is 9.59 Å². The highest BCUT2D eigenvalue weighted by molar-refractivity contribution is 5.93. The molecule has 0 unspecified atom stereocenters. The number of benzene rings is 2. The Kier molecular flexibility index (Phi) is 5.21. The second-order valence-corrected chi connectivity index (χ2v) is 7.63. The van der Waals surface area contributed by atoms with Crippen molar-refractivity contribution in [1.82, 2.24) is 4.98 Å². The molecule has 1 fully saturated rings. The molecule has 1 saturated heterocycles. The van der Waals surface area contributed by atoms with Crippen LogP contribution in [0, 0.1) is 6.92 Å². The highest BCUT2D eigenvalue weighted by atomic mass is 16.2. The standard InChI is InChI=1S/C24H25N3O2/c1-16-21(15-22(23(25)28)24(29)26-16)19-7-9-20(10-8-19)27-13-11-18(12-14-27)17-5-3-2-4-6-17/h2-10,15,18H,11-14H2,1H3,(H2,25,28)(H,26,29). The van der Waals surface area contributed by atoms with Crippen LogP contribution in [0.2, 0.25) is 0 Å². The molecule has 0 spiro atoms.